The Labute approximate surface area is 153 Å². The zero-order valence-corrected chi connectivity index (χ0v) is 14.6. The molecule has 25 heavy (non-hydrogen) atoms. The summed E-state index contributed by atoms with van der Waals surface area (Å²) in [5.41, 5.74) is 1.26. The number of ether oxygens (including phenoxy) is 1. The maximum atomic E-state index is 11.8. The van der Waals surface area contributed by atoms with Gasteiger partial charge in [-0.2, -0.15) is 4.98 Å². The quantitative estimate of drug-likeness (QED) is 0.726. The Morgan fingerprint density at radius 3 is 2.76 bits per heavy atom. The van der Waals surface area contributed by atoms with Crippen molar-refractivity contribution in [3.8, 4) is 17.3 Å². The van der Waals surface area contributed by atoms with Crippen LogP contribution in [0.15, 0.2) is 42.7 Å². The first kappa shape index (κ1) is 17.3. The molecule has 0 radical (unpaired) electrons. The van der Waals surface area contributed by atoms with Crippen LogP contribution in [0.3, 0.4) is 0 Å². The van der Waals surface area contributed by atoms with Gasteiger partial charge < -0.3 is 14.4 Å². The fourth-order valence-corrected chi connectivity index (χ4v) is 2.86. The normalized spacial score (nSPS) is 10.7. The molecule has 0 fully saturated rings. The average Bonchev–Trinajstić information content (AvgIpc) is 2.97. The number of carbonyl (C=O) groups is 1. The number of carboxylic acids is 1. The first-order valence-corrected chi connectivity index (χ1v) is 7.99. The van der Waals surface area contributed by atoms with Crippen LogP contribution in [0.25, 0.3) is 11.4 Å². The summed E-state index contributed by atoms with van der Waals surface area (Å²) in [6.45, 7) is 0.168. The van der Waals surface area contributed by atoms with Crippen molar-refractivity contribution < 1.29 is 14.6 Å². The topological polar surface area (TPSA) is 77.2 Å². The molecule has 8 heteroatoms. The monoisotopic (exact) mass is 377 g/mol. The summed E-state index contributed by atoms with van der Waals surface area (Å²) in [4.78, 5) is 20.1. The number of nitrogens with zero attached hydrogens (tertiary/aromatic N) is 3. The number of aromatic carboxylic acids is 1. The molecular formula is C17H13Cl2N3O3. The Hall–Kier alpha value is -2.57. The summed E-state index contributed by atoms with van der Waals surface area (Å²) in [5.74, 6) is -0.722. The summed E-state index contributed by atoms with van der Waals surface area (Å²) in [5, 5.41) is 10.6. The molecule has 0 bridgehead atoms. The highest BCUT2D eigenvalue weighted by molar-refractivity contribution is 6.33. The Balaban J connectivity index is 2.20. The van der Waals surface area contributed by atoms with Crippen molar-refractivity contribution in [2.24, 2.45) is 0 Å². The van der Waals surface area contributed by atoms with Gasteiger partial charge in [0.15, 0.2) is 5.69 Å². The van der Waals surface area contributed by atoms with E-state index in [1.165, 1.54) is 11.7 Å². The van der Waals surface area contributed by atoms with Gasteiger partial charge in [0, 0.05) is 28.0 Å². The second kappa shape index (κ2) is 7.13. The highest BCUT2D eigenvalue weighted by Crippen LogP contribution is 2.30. The van der Waals surface area contributed by atoms with E-state index in [0.717, 1.165) is 0 Å². The summed E-state index contributed by atoms with van der Waals surface area (Å²) in [7, 11) is 1.37. The maximum absolute atomic E-state index is 11.8. The van der Waals surface area contributed by atoms with Crippen molar-refractivity contribution in [2.45, 2.75) is 6.54 Å². The molecule has 3 rings (SSSR count). The van der Waals surface area contributed by atoms with E-state index < -0.39 is 5.97 Å². The van der Waals surface area contributed by atoms with Crippen LogP contribution in [0, 0.1) is 0 Å². The van der Waals surface area contributed by atoms with E-state index >= 15 is 0 Å². The number of halogens is 2. The molecule has 1 aromatic carbocycles. The van der Waals surface area contributed by atoms with E-state index in [-0.39, 0.29) is 18.1 Å². The molecule has 1 N–H and O–H groups in total. The van der Waals surface area contributed by atoms with Crippen LogP contribution in [-0.2, 0) is 6.54 Å². The molecule has 128 valence electrons. The molecule has 0 saturated heterocycles. The SMILES string of the molecule is COc1nc(-c2cccnc2)n(Cc2cc(Cl)ccc2Cl)c1C(=O)O. The molecule has 6 nitrogen and oxygen atoms in total. The highest BCUT2D eigenvalue weighted by Gasteiger charge is 2.25. The Kier molecular flexibility index (Phi) is 4.92. The van der Waals surface area contributed by atoms with Crippen LogP contribution in [0.1, 0.15) is 16.1 Å². The van der Waals surface area contributed by atoms with Crippen molar-refractivity contribution in [3.63, 3.8) is 0 Å². The molecule has 0 atom stereocenters. The number of carboxylic acid groups (broad SMARTS) is 1. The minimum absolute atomic E-state index is 0.0181. The van der Waals surface area contributed by atoms with Crippen molar-refractivity contribution in [1.29, 1.82) is 0 Å². The first-order valence-electron chi connectivity index (χ1n) is 7.23. The van der Waals surface area contributed by atoms with Crippen molar-refractivity contribution in [3.05, 3.63) is 64.0 Å². The second-order valence-electron chi connectivity index (χ2n) is 5.16. The molecule has 0 aliphatic carbocycles. The number of pyridine rings is 1. The third-order valence-electron chi connectivity index (χ3n) is 3.59. The van der Waals surface area contributed by atoms with Gasteiger partial charge in [0.05, 0.1) is 13.7 Å². The van der Waals surface area contributed by atoms with Crippen LogP contribution >= 0.6 is 23.2 Å². The Morgan fingerprint density at radius 2 is 2.12 bits per heavy atom. The van der Waals surface area contributed by atoms with Gasteiger partial charge >= 0.3 is 5.97 Å². The van der Waals surface area contributed by atoms with Gasteiger partial charge in [-0.15, -0.1) is 0 Å². The molecule has 0 aliphatic heterocycles. The van der Waals surface area contributed by atoms with Crippen molar-refractivity contribution in [2.75, 3.05) is 7.11 Å². The lowest BCUT2D eigenvalue weighted by Crippen LogP contribution is -2.12. The van der Waals surface area contributed by atoms with Gasteiger partial charge in [0.1, 0.15) is 5.82 Å². The van der Waals surface area contributed by atoms with E-state index in [0.29, 0.717) is 27.0 Å². The minimum atomic E-state index is -1.15. The smallest absolute Gasteiger partial charge is 0.358 e. The Morgan fingerprint density at radius 1 is 1.32 bits per heavy atom. The number of hydrogen-bond donors (Lipinski definition) is 1. The molecule has 3 aromatic rings. The highest BCUT2D eigenvalue weighted by atomic mass is 35.5. The molecule has 2 aromatic heterocycles. The number of hydrogen-bond acceptors (Lipinski definition) is 4. The molecule has 0 aliphatic rings. The molecular weight excluding hydrogens is 365 g/mol. The predicted octanol–water partition coefficient (Wildman–Crippen LogP) is 4.01. The lowest BCUT2D eigenvalue weighted by molar-refractivity contribution is 0.0681. The molecule has 2 heterocycles. The van der Waals surface area contributed by atoms with Crippen LogP contribution in [0.4, 0.5) is 0 Å². The van der Waals surface area contributed by atoms with Gasteiger partial charge in [0.2, 0.25) is 5.88 Å². The summed E-state index contributed by atoms with van der Waals surface area (Å²) in [6.07, 6.45) is 3.23. The molecule has 0 saturated carbocycles. The first-order chi connectivity index (χ1) is 12.0. The fraction of sp³-hybridized carbons (Fsp3) is 0.118. The van der Waals surface area contributed by atoms with E-state index in [2.05, 4.69) is 9.97 Å². The standard InChI is InChI=1S/C17H13Cl2N3O3/c1-25-16-14(17(23)24)22(9-11-7-12(18)4-5-13(11)19)15(21-16)10-3-2-6-20-8-10/h2-8H,9H2,1H3,(H,23,24). The van der Waals surface area contributed by atoms with Gasteiger partial charge in [0.25, 0.3) is 0 Å². The summed E-state index contributed by atoms with van der Waals surface area (Å²) in [6, 6.07) is 8.55. The number of imidazole rings is 1. The number of aromatic nitrogens is 3. The van der Waals surface area contributed by atoms with E-state index in [1.54, 1.807) is 42.7 Å². The summed E-state index contributed by atoms with van der Waals surface area (Å²) < 4.78 is 6.67. The molecule has 0 amide bonds. The van der Waals surface area contributed by atoms with Gasteiger partial charge in [-0.1, -0.05) is 23.2 Å². The van der Waals surface area contributed by atoms with E-state index in [9.17, 15) is 9.90 Å². The van der Waals surface area contributed by atoms with Gasteiger partial charge in [-0.25, -0.2) is 4.79 Å². The zero-order valence-electron chi connectivity index (χ0n) is 13.1. The van der Waals surface area contributed by atoms with E-state index in [4.69, 9.17) is 27.9 Å². The minimum Gasteiger partial charge on any atom is -0.479 e. The number of benzene rings is 1. The molecule has 0 unspecified atom stereocenters. The largest absolute Gasteiger partial charge is 0.479 e. The molecule has 0 spiro atoms. The Bertz CT molecular complexity index is 926. The summed E-state index contributed by atoms with van der Waals surface area (Å²) >= 11 is 12.3. The number of rotatable bonds is 5. The van der Waals surface area contributed by atoms with Gasteiger partial charge in [-0.3, -0.25) is 4.98 Å². The lowest BCUT2D eigenvalue weighted by atomic mass is 10.2. The fourth-order valence-electron chi connectivity index (χ4n) is 2.48. The lowest BCUT2D eigenvalue weighted by Gasteiger charge is -2.11. The maximum Gasteiger partial charge on any atom is 0.358 e. The van der Waals surface area contributed by atoms with Crippen LogP contribution in [0.2, 0.25) is 10.0 Å². The second-order valence-corrected chi connectivity index (χ2v) is 6.01. The predicted molar refractivity (Wildman–Crippen MR) is 94.5 cm³/mol. The average molecular weight is 378 g/mol. The third kappa shape index (κ3) is 3.45. The van der Waals surface area contributed by atoms with Crippen molar-refractivity contribution in [1.82, 2.24) is 14.5 Å². The van der Waals surface area contributed by atoms with Gasteiger partial charge in [-0.05, 0) is 35.9 Å². The number of methoxy groups -OCH3 is 1. The van der Waals surface area contributed by atoms with Crippen LogP contribution in [0.5, 0.6) is 5.88 Å². The van der Waals surface area contributed by atoms with Crippen LogP contribution < -0.4 is 4.74 Å². The third-order valence-corrected chi connectivity index (χ3v) is 4.19. The zero-order chi connectivity index (χ0) is 18.0. The van der Waals surface area contributed by atoms with E-state index in [1.807, 2.05) is 0 Å². The van der Waals surface area contributed by atoms with Crippen LogP contribution in [-0.4, -0.2) is 32.7 Å². The van der Waals surface area contributed by atoms with Crippen molar-refractivity contribution >= 4 is 29.2 Å².